The lowest BCUT2D eigenvalue weighted by Gasteiger charge is -2.26. The van der Waals surface area contributed by atoms with E-state index in [-0.39, 0.29) is 25.0 Å². The second kappa shape index (κ2) is 7.62. The first kappa shape index (κ1) is 14.5. The molecule has 0 saturated carbocycles. The Morgan fingerprint density at radius 1 is 1.15 bits per heavy atom. The van der Waals surface area contributed by atoms with Gasteiger partial charge in [0.25, 0.3) is 0 Å². The molecule has 20 heavy (non-hydrogen) atoms. The van der Waals surface area contributed by atoms with Gasteiger partial charge in [-0.25, -0.2) is 0 Å². The first-order valence-electron chi connectivity index (χ1n) is 6.54. The fraction of sp³-hybridized carbons (Fsp3) is 0.429. The van der Waals surface area contributed by atoms with Crippen molar-refractivity contribution in [2.75, 3.05) is 44.8 Å². The number of benzene rings is 1. The predicted molar refractivity (Wildman–Crippen MR) is 73.3 cm³/mol. The molecule has 108 valence electrons. The van der Waals surface area contributed by atoms with Crippen molar-refractivity contribution < 1.29 is 19.1 Å². The van der Waals surface area contributed by atoms with Crippen LogP contribution in [0.5, 0.6) is 0 Å². The van der Waals surface area contributed by atoms with Gasteiger partial charge in [0.1, 0.15) is 13.2 Å². The number of hydrogen-bond acceptors (Lipinski definition) is 4. The van der Waals surface area contributed by atoms with Crippen molar-refractivity contribution in [3.8, 4) is 0 Å². The summed E-state index contributed by atoms with van der Waals surface area (Å²) in [6.07, 6.45) is 0. The molecule has 1 heterocycles. The smallest absolute Gasteiger partial charge is 0.250 e. The summed E-state index contributed by atoms with van der Waals surface area (Å²) in [4.78, 5) is 25.0. The number of ether oxygens (including phenoxy) is 2. The molecule has 0 unspecified atom stereocenters. The average molecular weight is 278 g/mol. The molecule has 1 aromatic carbocycles. The van der Waals surface area contributed by atoms with Crippen molar-refractivity contribution in [3.63, 3.8) is 0 Å². The highest BCUT2D eigenvalue weighted by Crippen LogP contribution is 2.04. The Morgan fingerprint density at radius 2 is 1.85 bits per heavy atom. The minimum atomic E-state index is -0.272. The highest BCUT2D eigenvalue weighted by Gasteiger charge is 2.16. The van der Waals surface area contributed by atoms with Crippen molar-refractivity contribution in [3.05, 3.63) is 30.3 Å². The summed E-state index contributed by atoms with van der Waals surface area (Å²) in [5, 5.41) is 2.69. The molecule has 1 aromatic rings. The molecule has 1 fully saturated rings. The van der Waals surface area contributed by atoms with Crippen molar-refractivity contribution in [2.24, 2.45) is 0 Å². The van der Waals surface area contributed by atoms with Crippen LogP contribution >= 0.6 is 0 Å². The summed E-state index contributed by atoms with van der Waals surface area (Å²) >= 11 is 0. The molecule has 2 rings (SSSR count). The summed E-state index contributed by atoms with van der Waals surface area (Å²) in [5.41, 5.74) is 0.709. The molecule has 6 heteroatoms. The molecule has 1 aliphatic heterocycles. The summed E-state index contributed by atoms with van der Waals surface area (Å²) < 4.78 is 10.3. The maximum Gasteiger partial charge on any atom is 0.250 e. The summed E-state index contributed by atoms with van der Waals surface area (Å²) in [5.74, 6) is -0.383. The zero-order chi connectivity index (χ0) is 14.2. The van der Waals surface area contributed by atoms with Crippen LogP contribution in [0.15, 0.2) is 30.3 Å². The Bertz CT molecular complexity index is 444. The van der Waals surface area contributed by atoms with Gasteiger partial charge in [0, 0.05) is 18.8 Å². The number of nitrogens with zero attached hydrogens (tertiary/aromatic N) is 1. The van der Waals surface area contributed by atoms with Gasteiger partial charge < -0.3 is 19.7 Å². The Morgan fingerprint density at radius 3 is 2.55 bits per heavy atom. The highest BCUT2D eigenvalue weighted by molar-refractivity contribution is 5.91. The van der Waals surface area contributed by atoms with E-state index in [2.05, 4.69) is 5.32 Å². The fourth-order valence-corrected chi connectivity index (χ4v) is 1.85. The number of carbonyl (C=O) groups excluding carboxylic acids is 2. The molecular formula is C14H18N2O4. The van der Waals surface area contributed by atoms with Crippen molar-refractivity contribution in [1.29, 1.82) is 0 Å². The normalized spacial score (nSPS) is 14.9. The van der Waals surface area contributed by atoms with E-state index in [9.17, 15) is 9.59 Å². The lowest BCUT2D eigenvalue weighted by molar-refractivity contribution is -0.141. The minimum Gasteiger partial charge on any atom is -0.378 e. The minimum absolute atomic E-state index is 0.0811. The van der Waals surface area contributed by atoms with Crippen LogP contribution in [0, 0.1) is 0 Å². The number of para-hydroxylation sites is 1. The van der Waals surface area contributed by atoms with E-state index in [1.165, 1.54) is 0 Å². The third-order valence-corrected chi connectivity index (χ3v) is 2.88. The summed E-state index contributed by atoms with van der Waals surface area (Å²) in [6, 6.07) is 9.11. The van der Waals surface area contributed by atoms with E-state index in [1.807, 2.05) is 18.2 Å². The van der Waals surface area contributed by atoms with Crippen LogP contribution in [0.2, 0.25) is 0 Å². The third kappa shape index (κ3) is 4.64. The van der Waals surface area contributed by atoms with E-state index in [4.69, 9.17) is 9.47 Å². The van der Waals surface area contributed by atoms with Crippen molar-refractivity contribution in [2.45, 2.75) is 0 Å². The van der Waals surface area contributed by atoms with Gasteiger partial charge in [-0.3, -0.25) is 9.59 Å². The molecule has 0 bridgehead atoms. The molecule has 0 radical (unpaired) electrons. The van der Waals surface area contributed by atoms with E-state index in [0.717, 1.165) is 0 Å². The zero-order valence-corrected chi connectivity index (χ0v) is 11.2. The Balaban J connectivity index is 1.65. The van der Waals surface area contributed by atoms with Gasteiger partial charge in [-0.15, -0.1) is 0 Å². The van der Waals surface area contributed by atoms with E-state index in [1.54, 1.807) is 17.0 Å². The molecule has 1 N–H and O–H groups in total. The van der Waals surface area contributed by atoms with E-state index in [0.29, 0.717) is 32.0 Å². The maximum atomic E-state index is 11.8. The SMILES string of the molecule is O=C(COCC(=O)N1CCOCC1)Nc1ccccc1. The highest BCUT2D eigenvalue weighted by atomic mass is 16.5. The van der Waals surface area contributed by atoms with Gasteiger partial charge in [-0.2, -0.15) is 0 Å². The molecule has 1 saturated heterocycles. The van der Waals surface area contributed by atoms with Gasteiger partial charge in [0.2, 0.25) is 11.8 Å². The number of amides is 2. The topological polar surface area (TPSA) is 67.9 Å². The number of anilines is 1. The van der Waals surface area contributed by atoms with Crippen LogP contribution in [0.1, 0.15) is 0 Å². The van der Waals surface area contributed by atoms with Gasteiger partial charge in [-0.1, -0.05) is 18.2 Å². The van der Waals surface area contributed by atoms with Crippen molar-refractivity contribution >= 4 is 17.5 Å². The predicted octanol–water partition coefficient (Wildman–Crippen LogP) is 0.500. The molecular weight excluding hydrogens is 260 g/mol. The third-order valence-electron chi connectivity index (χ3n) is 2.88. The summed E-state index contributed by atoms with van der Waals surface area (Å²) in [6.45, 7) is 2.06. The number of morpholine rings is 1. The lowest BCUT2D eigenvalue weighted by atomic mass is 10.3. The van der Waals surface area contributed by atoms with Crippen LogP contribution in [0.3, 0.4) is 0 Å². The molecule has 1 aliphatic rings. The first-order valence-corrected chi connectivity index (χ1v) is 6.54. The van der Waals surface area contributed by atoms with Gasteiger partial charge in [0.05, 0.1) is 13.2 Å². The molecule has 0 aromatic heterocycles. The molecule has 6 nitrogen and oxygen atoms in total. The van der Waals surface area contributed by atoms with Gasteiger partial charge >= 0.3 is 0 Å². The van der Waals surface area contributed by atoms with Crippen LogP contribution in [-0.4, -0.2) is 56.2 Å². The van der Waals surface area contributed by atoms with Gasteiger partial charge in [-0.05, 0) is 12.1 Å². The average Bonchev–Trinajstić information content (AvgIpc) is 2.49. The fourth-order valence-electron chi connectivity index (χ4n) is 1.85. The Hall–Kier alpha value is -1.92. The maximum absolute atomic E-state index is 11.8. The number of rotatable bonds is 5. The van der Waals surface area contributed by atoms with Crippen LogP contribution in [0.25, 0.3) is 0 Å². The van der Waals surface area contributed by atoms with Crippen LogP contribution in [0.4, 0.5) is 5.69 Å². The second-order valence-corrected chi connectivity index (χ2v) is 4.40. The monoisotopic (exact) mass is 278 g/mol. The molecule has 0 aliphatic carbocycles. The molecule has 2 amide bonds. The van der Waals surface area contributed by atoms with Crippen molar-refractivity contribution in [1.82, 2.24) is 4.90 Å². The zero-order valence-electron chi connectivity index (χ0n) is 11.2. The Labute approximate surface area is 117 Å². The van der Waals surface area contributed by atoms with Gasteiger partial charge in [0.15, 0.2) is 0 Å². The standard InChI is InChI=1S/C14H18N2O4/c17-13(15-12-4-2-1-3-5-12)10-20-11-14(18)16-6-8-19-9-7-16/h1-5H,6-11H2,(H,15,17). The quantitative estimate of drug-likeness (QED) is 0.851. The van der Waals surface area contributed by atoms with E-state index < -0.39 is 0 Å². The van der Waals surface area contributed by atoms with E-state index >= 15 is 0 Å². The van der Waals surface area contributed by atoms with Crippen LogP contribution in [-0.2, 0) is 19.1 Å². The Kier molecular flexibility index (Phi) is 5.52. The second-order valence-electron chi connectivity index (χ2n) is 4.40. The first-order chi connectivity index (χ1) is 9.75. The summed E-state index contributed by atoms with van der Waals surface area (Å²) in [7, 11) is 0. The van der Waals surface area contributed by atoms with Crippen LogP contribution < -0.4 is 5.32 Å². The number of carbonyl (C=O) groups is 2. The lowest BCUT2D eigenvalue weighted by Crippen LogP contribution is -2.42. The number of hydrogen-bond donors (Lipinski definition) is 1. The number of nitrogens with one attached hydrogen (secondary N) is 1. The molecule has 0 spiro atoms. The largest absolute Gasteiger partial charge is 0.378 e. The molecule has 0 atom stereocenters.